The molecule has 0 fully saturated rings. The first-order valence-corrected chi connectivity index (χ1v) is 6.08. The molecule has 0 saturated heterocycles. The van der Waals surface area contributed by atoms with Crippen molar-refractivity contribution in [3.63, 3.8) is 0 Å². The van der Waals surface area contributed by atoms with E-state index in [1.165, 1.54) is 0 Å². The highest BCUT2D eigenvalue weighted by molar-refractivity contribution is 6.00. The molecular weight excluding hydrogens is 224 g/mol. The van der Waals surface area contributed by atoms with Crippen LogP contribution < -0.4 is 0 Å². The minimum absolute atomic E-state index is 0.00338. The van der Waals surface area contributed by atoms with Gasteiger partial charge in [-0.25, -0.2) is 0 Å². The number of ketones is 1. The van der Waals surface area contributed by atoms with Gasteiger partial charge < -0.3 is 4.74 Å². The predicted octanol–water partition coefficient (Wildman–Crippen LogP) is 3.65. The Morgan fingerprint density at radius 3 is 2.11 bits per heavy atom. The molecule has 18 heavy (non-hydrogen) atoms. The van der Waals surface area contributed by atoms with E-state index in [2.05, 4.69) is 0 Å². The van der Waals surface area contributed by atoms with Crippen molar-refractivity contribution in [2.45, 2.75) is 13.0 Å². The van der Waals surface area contributed by atoms with Crippen LogP contribution in [0.3, 0.4) is 0 Å². The average molecular weight is 240 g/mol. The van der Waals surface area contributed by atoms with Crippen molar-refractivity contribution in [3.05, 3.63) is 71.8 Å². The summed E-state index contributed by atoms with van der Waals surface area (Å²) >= 11 is 0. The molecule has 1 unspecified atom stereocenters. The van der Waals surface area contributed by atoms with Gasteiger partial charge in [-0.3, -0.25) is 4.79 Å². The Kier molecular flexibility index (Phi) is 4.26. The Bertz CT molecular complexity index is 491. The molecule has 0 amide bonds. The lowest BCUT2D eigenvalue weighted by molar-refractivity contribution is 0.0452. The Morgan fingerprint density at radius 2 is 1.56 bits per heavy atom. The van der Waals surface area contributed by atoms with Crippen LogP contribution in [0.5, 0.6) is 0 Å². The molecule has 0 aliphatic heterocycles. The third kappa shape index (κ3) is 2.84. The van der Waals surface area contributed by atoms with Gasteiger partial charge in [-0.15, -0.1) is 0 Å². The summed E-state index contributed by atoms with van der Waals surface area (Å²) in [6, 6.07) is 18.9. The lowest BCUT2D eigenvalue weighted by Gasteiger charge is -2.16. The summed E-state index contributed by atoms with van der Waals surface area (Å²) in [6.07, 6.45) is -0.515. The highest BCUT2D eigenvalue weighted by Gasteiger charge is 2.21. The fraction of sp³-hybridized carbons (Fsp3) is 0.188. The minimum atomic E-state index is -0.515. The number of hydrogen-bond acceptors (Lipinski definition) is 2. The summed E-state index contributed by atoms with van der Waals surface area (Å²) < 4.78 is 5.59. The first-order chi connectivity index (χ1) is 8.83. The zero-order valence-electron chi connectivity index (χ0n) is 10.4. The van der Waals surface area contributed by atoms with Gasteiger partial charge in [-0.2, -0.15) is 0 Å². The maximum atomic E-state index is 12.4. The van der Waals surface area contributed by atoms with Gasteiger partial charge in [0.2, 0.25) is 0 Å². The number of carbonyl (C=O) groups is 1. The summed E-state index contributed by atoms with van der Waals surface area (Å²) in [6.45, 7) is 2.41. The molecule has 2 aromatic carbocycles. The number of carbonyl (C=O) groups excluding carboxylic acids is 1. The smallest absolute Gasteiger partial charge is 0.196 e. The molecule has 0 radical (unpaired) electrons. The van der Waals surface area contributed by atoms with Crippen LogP contribution in [0.4, 0.5) is 0 Å². The van der Waals surface area contributed by atoms with E-state index in [9.17, 15) is 4.79 Å². The normalized spacial score (nSPS) is 12.1. The van der Waals surface area contributed by atoms with Crippen LogP contribution in [0, 0.1) is 0 Å². The number of benzene rings is 2. The number of ether oxygens (including phenoxy) is 1. The lowest BCUT2D eigenvalue weighted by Crippen LogP contribution is -2.16. The van der Waals surface area contributed by atoms with Gasteiger partial charge >= 0.3 is 0 Å². The largest absolute Gasteiger partial charge is 0.366 e. The Hall–Kier alpha value is -1.93. The van der Waals surface area contributed by atoms with Crippen LogP contribution in [0.25, 0.3) is 0 Å². The van der Waals surface area contributed by atoms with E-state index in [1.807, 2.05) is 67.6 Å². The predicted molar refractivity (Wildman–Crippen MR) is 71.6 cm³/mol. The molecule has 0 N–H and O–H groups in total. The van der Waals surface area contributed by atoms with Crippen LogP contribution >= 0.6 is 0 Å². The van der Waals surface area contributed by atoms with Crippen LogP contribution in [-0.4, -0.2) is 12.4 Å². The maximum absolute atomic E-state index is 12.4. The topological polar surface area (TPSA) is 26.3 Å². The quantitative estimate of drug-likeness (QED) is 0.746. The standard InChI is InChI=1S/C16H16O2/c1-2-18-16(14-11-7-4-8-12-14)15(17)13-9-5-3-6-10-13/h3-12,16H,2H2,1H3. The van der Waals surface area contributed by atoms with E-state index in [0.717, 1.165) is 5.56 Å². The van der Waals surface area contributed by atoms with Gasteiger partial charge in [0.15, 0.2) is 5.78 Å². The van der Waals surface area contributed by atoms with Gasteiger partial charge in [0.05, 0.1) is 0 Å². The van der Waals surface area contributed by atoms with E-state index < -0.39 is 6.10 Å². The molecule has 0 aliphatic carbocycles. The number of Topliss-reactive ketones (excluding diaryl/α,β-unsaturated/α-hetero) is 1. The minimum Gasteiger partial charge on any atom is -0.366 e. The second-order valence-electron chi connectivity index (χ2n) is 3.98. The van der Waals surface area contributed by atoms with E-state index in [-0.39, 0.29) is 5.78 Å². The Labute approximate surface area is 107 Å². The molecule has 1 atom stereocenters. The van der Waals surface area contributed by atoms with Gasteiger partial charge in [0.1, 0.15) is 6.10 Å². The van der Waals surface area contributed by atoms with Gasteiger partial charge in [0, 0.05) is 12.2 Å². The van der Waals surface area contributed by atoms with Gasteiger partial charge in [-0.1, -0.05) is 60.7 Å². The molecule has 2 aromatic rings. The molecule has 2 nitrogen and oxygen atoms in total. The van der Waals surface area contributed by atoms with Crippen LogP contribution in [0.1, 0.15) is 28.9 Å². The zero-order chi connectivity index (χ0) is 12.8. The Balaban J connectivity index is 2.29. The van der Waals surface area contributed by atoms with Crippen molar-refractivity contribution in [2.24, 2.45) is 0 Å². The Morgan fingerprint density at radius 1 is 1.00 bits per heavy atom. The highest BCUT2D eigenvalue weighted by atomic mass is 16.5. The zero-order valence-corrected chi connectivity index (χ0v) is 10.4. The first-order valence-electron chi connectivity index (χ1n) is 6.08. The fourth-order valence-electron chi connectivity index (χ4n) is 1.87. The van der Waals surface area contributed by atoms with Crippen molar-refractivity contribution < 1.29 is 9.53 Å². The van der Waals surface area contributed by atoms with Crippen molar-refractivity contribution >= 4 is 5.78 Å². The van der Waals surface area contributed by atoms with Crippen molar-refractivity contribution in [1.29, 1.82) is 0 Å². The molecule has 0 saturated carbocycles. The molecule has 0 aliphatic rings. The van der Waals surface area contributed by atoms with Crippen molar-refractivity contribution in [2.75, 3.05) is 6.61 Å². The molecule has 2 rings (SSSR count). The average Bonchev–Trinajstić information content (AvgIpc) is 2.46. The summed E-state index contributed by atoms with van der Waals surface area (Å²) in [4.78, 5) is 12.4. The van der Waals surface area contributed by atoms with E-state index in [4.69, 9.17) is 4.74 Å². The van der Waals surface area contributed by atoms with E-state index in [1.54, 1.807) is 0 Å². The molecular formula is C16H16O2. The van der Waals surface area contributed by atoms with Crippen LogP contribution in [0.2, 0.25) is 0 Å². The molecule has 0 heterocycles. The molecule has 0 bridgehead atoms. The summed E-state index contributed by atoms with van der Waals surface area (Å²) in [5.41, 5.74) is 1.58. The summed E-state index contributed by atoms with van der Waals surface area (Å²) in [5.74, 6) is 0.00338. The second kappa shape index (κ2) is 6.12. The van der Waals surface area contributed by atoms with Crippen molar-refractivity contribution in [1.82, 2.24) is 0 Å². The van der Waals surface area contributed by atoms with Crippen LogP contribution in [-0.2, 0) is 4.74 Å². The SMILES string of the molecule is CCOC(C(=O)c1ccccc1)c1ccccc1. The number of rotatable bonds is 5. The maximum Gasteiger partial charge on any atom is 0.196 e. The molecule has 92 valence electrons. The van der Waals surface area contributed by atoms with Crippen LogP contribution in [0.15, 0.2) is 60.7 Å². The summed E-state index contributed by atoms with van der Waals surface area (Å²) in [5, 5.41) is 0. The molecule has 2 heteroatoms. The highest BCUT2D eigenvalue weighted by Crippen LogP contribution is 2.22. The molecule has 0 aromatic heterocycles. The summed E-state index contributed by atoms with van der Waals surface area (Å²) in [7, 11) is 0. The van der Waals surface area contributed by atoms with Gasteiger partial charge in [0.25, 0.3) is 0 Å². The monoisotopic (exact) mass is 240 g/mol. The van der Waals surface area contributed by atoms with Crippen molar-refractivity contribution in [3.8, 4) is 0 Å². The third-order valence-corrected chi connectivity index (χ3v) is 2.73. The fourth-order valence-corrected chi connectivity index (χ4v) is 1.87. The van der Waals surface area contributed by atoms with Gasteiger partial charge in [-0.05, 0) is 12.5 Å². The first kappa shape index (κ1) is 12.5. The third-order valence-electron chi connectivity index (χ3n) is 2.73. The van der Waals surface area contributed by atoms with E-state index >= 15 is 0 Å². The van der Waals surface area contributed by atoms with E-state index in [0.29, 0.717) is 12.2 Å². The lowest BCUT2D eigenvalue weighted by atomic mass is 10.00. The molecule has 0 spiro atoms. The second-order valence-corrected chi connectivity index (χ2v) is 3.98. The number of hydrogen-bond donors (Lipinski definition) is 0.